The van der Waals surface area contributed by atoms with Crippen LogP contribution >= 0.6 is 11.3 Å². The first-order valence-electron chi connectivity index (χ1n) is 5.92. The molecule has 3 N–H and O–H groups in total. The van der Waals surface area contributed by atoms with E-state index in [0.29, 0.717) is 6.54 Å². The molecule has 0 bridgehead atoms. The number of hydrogen-bond acceptors (Lipinski definition) is 3. The summed E-state index contributed by atoms with van der Waals surface area (Å²) in [4.78, 5) is 12.4. The molecule has 1 heterocycles. The smallest absolute Gasteiger partial charge is 0.261 e. The third-order valence-corrected chi connectivity index (χ3v) is 3.52. The van der Waals surface area contributed by atoms with Gasteiger partial charge in [0.15, 0.2) is 0 Å². The number of anilines is 1. The van der Waals surface area contributed by atoms with E-state index in [2.05, 4.69) is 5.32 Å². The Morgan fingerprint density at radius 1 is 1.22 bits per heavy atom. The Kier molecular flexibility index (Phi) is 4.36. The van der Waals surface area contributed by atoms with Crippen LogP contribution < -0.4 is 11.1 Å². The highest BCUT2D eigenvalue weighted by Crippen LogP contribution is 2.09. The fourth-order valence-corrected chi connectivity index (χ4v) is 2.31. The number of rotatable bonds is 5. The van der Waals surface area contributed by atoms with Crippen molar-refractivity contribution in [1.29, 1.82) is 0 Å². The van der Waals surface area contributed by atoms with Gasteiger partial charge >= 0.3 is 0 Å². The molecule has 18 heavy (non-hydrogen) atoms. The Morgan fingerprint density at radius 2 is 2.00 bits per heavy atom. The highest BCUT2D eigenvalue weighted by Gasteiger charge is 2.04. The minimum atomic E-state index is 0.0160. The van der Waals surface area contributed by atoms with Crippen molar-refractivity contribution in [2.45, 2.75) is 12.8 Å². The van der Waals surface area contributed by atoms with Gasteiger partial charge in [0.1, 0.15) is 0 Å². The van der Waals surface area contributed by atoms with Gasteiger partial charge in [-0.2, -0.15) is 0 Å². The van der Waals surface area contributed by atoms with E-state index in [1.807, 2.05) is 41.8 Å². The minimum Gasteiger partial charge on any atom is -0.399 e. The Labute approximate surface area is 111 Å². The second-order valence-corrected chi connectivity index (χ2v) is 5.03. The lowest BCUT2D eigenvalue weighted by Crippen LogP contribution is -2.23. The largest absolute Gasteiger partial charge is 0.399 e. The molecule has 1 amide bonds. The van der Waals surface area contributed by atoms with Crippen LogP contribution in [0.3, 0.4) is 0 Å². The van der Waals surface area contributed by atoms with Crippen LogP contribution in [-0.4, -0.2) is 12.5 Å². The quantitative estimate of drug-likeness (QED) is 0.641. The number of benzene rings is 1. The van der Waals surface area contributed by atoms with Crippen LogP contribution in [0.25, 0.3) is 0 Å². The monoisotopic (exact) mass is 260 g/mol. The lowest BCUT2D eigenvalue weighted by atomic mass is 10.1. The number of nitrogen functional groups attached to an aromatic ring is 1. The second kappa shape index (κ2) is 6.21. The molecule has 0 radical (unpaired) electrons. The number of carbonyl (C=O) groups is 1. The zero-order valence-electron chi connectivity index (χ0n) is 10.1. The molecule has 4 heteroatoms. The summed E-state index contributed by atoms with van der Waals surface area (Å²) in [7, 11) is 0. The summed E-state index contributed by atoms with van der Waals surface area (Å²) >= 11 is 1.46. The summed E-state index contributed by atoms with van der Waals surface area (Å²) in [5.41, 5.74) is 7.65. The predicted octanol–water partition coefficient (Wildman–Crippen LogP) is 2.69. The third-order valence-electron chi connectivity index (χ3n) is 2.65. The van der Waals surface area contributed by atoms with E-state index < -0.39 is 0 Å². The lowest BCUT2D eigenvalue weighted by Gasteiger charge is -2.04. The Bertz CT molecular complexity index is 491. The van der Waals surface area contributed by atoms with Crippen molar-refractivity contribution in [3.05, 3.63) is 52.2 Å². The first-order valence-corrected chi connectivity index (χ1v) is 6.80. The average molecular weight is 260 g/mol. The van der Waals surface area contributed by atoms with E-state index >= 15 is 0 Å². The highest BCUT2D eigenvalue weighted by atomic mass is 32.1. The number of thiophene rings is 1. The van der Waals surface area contributed by atoms with Crippen molar-refractivity contribution in [3.8, 4) is 0 Å². The summed E-state index contributed by atoms with van der Waals surface area (Å²) in [5, 5.41) is 4.82. The maximum absolute atomic E-state index is 11.6. The number of amides is 1. The molecule has 0 saturated heterocycles. The maximum Gasteiger partial charge on any atom is 0.261 e. The topological polar surface area (TPSA) is 55.1 Å². The molecule has 0 saturated carbocycles. The number of hydrogen-bond donors (Lipinski definition) is 2. The van der Waals surface area contributed by atoms with Gasteiger partial charge < -0.3 is 11.1 Å². The summed E-state index contributed by atoms with van der Waals surface area (Å²) in [6.07, 6.45) is 1.88. The van der Waals surface area contributed by atoms with Gasteiger partial charge in [0, 0.05) is 12.2 Å². The highest BCUT2D eigenvalue weighted by molar-refractivity contribution is 7.12. The Morgan fingerprint density at radius 3 is 2.67 bits per heavy atom. The summed E-state index contributed by atoms with van der Waals surface area (Å²) < 4.78 is 0. The second-order valence-electron chi connectivity index (χ2n) is 4.08. The van der Waals surface area contributed by atoms with Crippen LogP contribution in [0.1, 0.15) is 21.7 Å². The molecule has 0 aliphatic rings. The van der Waals surface area contributed by atoms with Crippen molar-refractivity contribution >= 4 is 22.9 Å². The van der Waals surface area contributed by atoms with E-state index in [0.717, 1.165) is 23.4 Å². The van der Waals surface area contributed by atoms with Crippen LogP contribution in [-0.2, 0) is 6.42 Å². The van der Waals surface area contributed by atoms with Gasteiger partial charge in [0.25, 0.3) is 5.91 Å². The van der Waals surface area contributed by atoms with E-state index in [1.165, 1.54) is 16.9 Å². The molecule has 0 aliphatic carbocycles. The zero-order chi connectivity index (χ0) is 12.8. The molecule has 0 aliphatic heterocycles. The Hall–Kier alpha value is -1.81. The standard InChI is InChI=1S/C14H16N2OS/c15-12-7-5-11(6-8-12)3-1-9-16-14(17)13-4-2-10-18-13/h2,4-8,10H,1,3,9,15H2,(H,16,17). The van der Waals surface area contributed by atoms with Crippen LogP contribution in [0.15, 0.2) is 41.8 Å². The lowest BCUT2D eigenvalue weighted by molar-refractivity contribution is 0.0957. The molecular weight excluding hydrogens is 244 g/mol. The molecule has 94 valence electrons. The molecule has 3 nitrogen and oxygen atoms in total. The number of carbonyl (C=O) groups excluding carboxylic acids is 1. The third kappa shape index (κ3) is 3.60. The number of nitrogens with two attached hydrogens (primary N) is 1. The van der Waals surface area contributed by atoms with Gasteiger partial charge in [-0.3, -0.25) is 4.79 Å². The van der Waals surface area contributed by atoms with Crippen molar-refractivity contribution < 1.29 is 4.79 Å². The van der Waals surface area contributed by atoms with Gasteiger partial charge in [0.05, 0.1) is 4.88 Å². The van der Waals surface area contributed by atoms with E-state index in [4.69, 9.17) is 5.73 Å². The first-order chi connectivity index (χ1) is 8.75. The molecule has 0 spiro atoms. The molecular formula is C14H16N2OS. The van der Waals surface area contributed by atoms with Gasteiger partial charge in [-0.15, -0.1) is 11.3 Å². The summed E-state index contributed by atoms with van der Waals surface area (Å²) in [6.45, 7) is 0.696. The van der Waals surface area contributed by atoms with Gasteiger partial charge in [-0.1, -0.05) is 18.2 Å². The van der Waals surface area contributed by atoms with Crippen molar-refractivity contribution in [1.82, 2.24) is 5.32 Å². The van der Waals surface area contributed by atoms with E-state index in [9.17, 15) is 4.79 Å². The fraction of sp³-hybridized carbons (Fsp3) is 0.214. The van der Waals surface area contributed by atoms with Crippen LogP contribution in [0.2, 0.25) is 0 Å². The molecule has 0 fully saturated rings. The SMILES string of the molecule is Nc1ccc(CCCNC(=O)c2cccs2)cc1. The maximum atomic E-state index is 11.6. The zero-order valence-corrected chi connectivity index (χ0v) is 10.9. The first kappa shape index (κ1) is 12.6. The minimum absolute atomic E-state index is 0.0160. The van der Waals surface area contributed by atoms with Crippen LogP contribution in [0.5, 0.6) is 0 Å². The summed E-state index contributed by atoms with van der Waals surface area (Å²) in [6, 6.07) is 11.6. The van der Waals surface area contributed by atoms with Crippen LogP contribution in [0, 0.1) is 0 Å². The molecule has 0 atom stereocenters. The van der Waals surface area contributed by atoms with Gasteiger partial charge in [0.2, 0.25) is 0 Å². The van der Waals surface area contributed by atoms with Crippen molar-refractivity contribution in [2.75, 3.05) is 12.3 Å². The Balaban J connectivity index is 1.70. The molecule has 2 rings (SSSR count). The van der Waals surface area contributed by atoms with Gasteiger partial charge in [-0.25, -0.2) is 0 Å². The van der Waals surface area contributed by atoms with E-state index in [-0.39, 0.29) is 5.91 Å². The molecule has 2 aromatic rings. The molecule has 1 aromatic heterocycles. The van der Waals surface area contributed by atoms with E-state index in [1.54, 1.807) is 0 Å². The van der Waals surface area contributed by atoms with Crippen LogP contribution in [0.4, 0.5) is 5.69 Å². The van der Waals surface area contributed by atoms with Crippen molar-refractivity contribution in [2.24, 2.45) is 0 Å². The van der Waals surface area contributed by atoms with Gasteiger partial charge in [-0.05, 0) is 42.0 Å². The summed E-state index contributed by atoms with van der Waals surface area (Å²) in [5.74, 6) is 0.0160. The molecule has 0 unspecified atom stereocenters. The van der Waals surface area contributed by atoms with Crippen molar-refractivity contribution in [3.63, 3.8) is 0 Å². The number of aryl methyl sites for hydroxylation is 1. The molecule has 1 aromatic carbocycles. The normalized spacial score (nSPS) is 10.2. The number of nitrogens with one attached hydrogen (secondary N) is 1. The predicted molar refractivity (Wildman–Crippen MR) is 75.8 cm³/mol. The fourth-order valence-electron chi connectivity index (χ4n) is 1.67. The average Bonchev–Trinajstić information content (AvgIpc) is 2.90.